The molecule has 0 radical (unpaired) electrons. The number of nitrogens with zero attached hydrogens (tertiary/aromatic N) is 7. The molecule has 1 fully saturated rings. The molecule has 0 bridgehead atoms. The van der Waals surface area contributed by atoms with Gasteiger partial charge in [0.05, 0.1) is 44.7 Å². The second kappa shape index (κ2) is 11.3. The average molecular weight is 629 g/mol. The van der Waals surface area contributed by atoms with Gasteiger partial charge in [-0.15, -0.1) is 0 Å². The third kappa shape index (κ3) is 4.91. The van der Waals surface area contributed by atoms with E-state index in [0.29, 0.717) is 36.5 Å². The number of halogens is 2. The first kappa shape index (κ1) is 30.3. The fraction of sp³-hybridized carbons (Fsp3) is 0.303. The molecule has 0 saturated carbocycles. The van der Waals surface area contributed by atoms with Crippen LogP contribution in [0.15, 0.2) is 54.1 Å². The summed E-state index contributed by atoms with van der Waals surface area (Å²) in [5.74, 6) is -0.386. The van der Waals surface area contributed by atoms with Crippen LogP contribution in [0, 0.1) is 12.7 Å². The van der Waals surface area contributed by atoms with E-state index in [9.17, 15) is 9.59 Å². The maximum atomic E-state index is 15.3. The van der Waals surface area contributed by atoms with Gasteiger partial charge in [0.25, 0.3) is 0 Å². The van der Waals surface area contributed by atoms with Crippen molar-refractivity contribution in [2.24, 2.45) is 7.05 Å². The third-order valence-electron chi connectivity index (χ3n) is 8.49. The van der Waals surface area contributed by atoms with E-state index in [2.05, 4.69) is 16.5 Å². The molecule has 1 aliphatic rings. The number of nitrogen functional groups attached to an aromatic ring is 1. The van der Waals surface area contributed by atoms with Crippen molar-refractivity contribution >= 4 is 51.1 Å². The molecule has 232 valence electrons. The molecule has 0 aliphatic carbocycles. The summed E-state index contributed by atoms with van der Waals surface area (Å²) in [7, 11) is 1.93. The zero-order chi connectivity index (χ0) is 32.3. The summed E-state index contributed by atoms with van der Waals surface area (Å²) in [5, 5.41) is 0.658. The first-order chi connectivity index (χ1) is 21.4. The molecule has 1 atom stereocenters. The number of hydrogen-bond acceptors (Lipinski definition) is 7. The van der Waals surface area contributed by atoms with Gasteiger partial charge >= 0.3 is 5.69 Å². The van der Waals surface area contributed by atoms with Gasteiger partial charge in [-0.2, -0.15) is 4.98 Å². The molecule has 1 amide bonds. The number of aryl methyl sites for hydroxylation is 2. The molecule has 1 saturated heterocycles. The number of aromatic nitrogens is 5. The number of nitrogens with two attached hydrogens (primary N) is 1. The highest BCUT2D eigenvalue weighted by molar-refractivity contribution is 6.34. The normalized spacial score (nSPS) is 15.4. The number of benzene rings is 2. The molecule has 0 spiro atoms. The molecule has 6 rings (SSSR count). The summed E-state index contributed by atoms with van der Waals surface area (Å²) in [6.07, 6.45) is 3.04. The van der Waals surface area contributed by atoms with Gasteiger partial charge in [-0.25, -0.2) is 23.7 Å². The Morgan fingerprint density at radius 2 is 1.98 bits per heavy atom. The van der Waals surface area contributed by atoms with Gasteiger partial charge in [0.15, 0.2) is 5.65 Å². The minimum Gasteiger partial charge on any atom is -0.398 e. The molecule has 2 N–H and O–H groups in total. The third-order valence-corrected chi connectivity index (χ3v) is 8.78. The predicted octanol–water partition coefficient (Wildman–Crippen LogP) is 5.36. The van der Waals surface area contributed by atoms with Crippen LogP contribution in [0.1, 0.15) is 37.8 Å². The van der Waals surface area contributed by atoms with E-state index >= 15 is 4.39 Å². The van der Waals surface area contributed by atoms with Gasteiger partial charge in [-0.3, -0.25) is 4.79 Å². The topological polar surface area (TPSA) is 115 Å². The Balaban J connectivity index is 1.70. The monoisotopic (exact) mass is 628 g/mol. The van der Waals surface area contributed by atoms with Crippen molar-refractivity contribution in [3.8, 4) is 16.9 Å². The molecule has 1 aliphatic heterocycles. The minimum atomic E-state index is -0.586. The van der Waals surface area contributed by atoms with E-state index < -0.39 is 11.5 Å². The fourth-order valence-corrected chi connectivity index (χ4v) is 6.60. The van der Waals surface area contributed by atoms with Gasteiger partial charge < -0.3 is 20.1 Å². The lowest BCUT2D eigenvalue weighted by molar-refractivity contribution is -0.126. The number of piperazine rings is 1. The lowest BCUT2D eigenvalue weighted by Gasteiger charge is -2.40. The van der Waals surface area contributed by atoms with Crippen LogP contribution < -0.4 is 16.3 Å². The lowest BCUT2D eigenvalue weighted by atomic mass is 9.95. The zero-order valence-electron chi connectivity index (χ0n) is 25.8. The van der Waals surface area contributed by atoms with Crippen LogP contribution in [0.5, 0.6) is 0 Å². The molecular formula is C33H34ClFN8O2. The van der Waals surface area contributed by atoms with Crippen molar-refractivity contribution < 1.29 is 9.18 Å². The molecule has 45 heavy (non-hydrogen) atoms. The quantitative estimate of drug-likeness (QED) is 0.206. The van der Waals surface area contributed by atoms with Gasteiger partial charge in [0.2, 0.25) is 5.91 Å². The van der Waals surface area contributed by atoms with Crippen LogP contribution in [0.4, 0.5) is 15.9 Å². The van der Waals surface area contributed by atoms with Crippen LogP contribution >= 0.6 is 11.6 Å². The summed E-state index contributed by atoms with van der Waals surface area (Å²) in [6.45, 7) is 12.8. The summed E-state index contributed by atoms with van der Waals surface area (Å²) < 4.78 is 18.7. The van der Waals surface area contributed by atoms with Crippen LogP contribution in [0.25, 0.3) is 39.0 Å². The SMILES string of the molecule is C=CC(=O)N1CCN(c2nc(=O)n(-c3c(C)cc4c(ncn4C)c3C(C)C)c3nc(-c4c(N)cccc4F)c(Cl)cc23)[C@@H](C)C1. The Bertz CT molecular complexity index is 2070. The van der Waals surface area contributed by atoms with Crippen molar-refractivity contribution in [1.29, 1.82) is 0 Å². The number of hydrogen-bond donors (Lipinski definition) is 1. The van der Waals surface area contributed by atoms with Gasteiger partial charge in [-0.05, 0) is 55.7 Å². The first-order valence-electron chi connectivity index (χ1n) is 14.7. The van der Waals surface area contributed by atoms with E-state index in [1.807, 2.05) is 50.3 Å². The van der Waals surface area contributed by atoms with Crippen LogP contribution in [-0.4, -0.2) is 60.6 Å². The van der Waals surface area contributed by atoms with E-state index in [4.69, 9.17) is 22.3 Å². The number of pyridine rings is 1. The lowest BCUT2D eigenvalue weighted by Crippen LogP contribution is -2.54. The molecule has 12 heteroatoms. The van der Waals surface area contributed by atoms with Crippen molar-refractivity contribution in [1.82, 2.24) is 29.0 Å². The summed E-state index contributed by atoms with van der Waals surface area (Å²) >= 11 is 6.85. The Morgan fingerprint density at radius 3 is 2.64 bits per heavy atom. The second-order valence-electron chi connectivity index (χ2n) is 11.8. The number of fused-ring (bicyclic) bond motifs is 2. The Labute approximate surface area is 264 Å². The maximum Gasteiger partial charge on any atom is 0.355 e. The minimum absolute atomic E-state index is 0.0246. The molecule has 3 aromatic heterocycles. The van der Waals surface area contributed by atoms with E-state index in [-0.39, 0.29) is 45.5 Å². The highest BCUT2D eigenvalue weighted by Crippen LogP contribution is 2.39. The van der Waals surface area contributed by atoms with Crippen LogP contribution in [0.3, 0.4) is 0 Å². The zero-order valence-corrected chi connectivity index (χ0v) is 26.6. The number of amides is 1. The van der Waals surface area contributed by atoms with Crippen LogP contribution in [-0.2, 0) is 11.8 Å². The first-order valence-corrected chi connectivity index (χ1v) is 15.1. The average Bonchev–Trinajstić information content (AvgIpc) is 3.35. The number of anilines is 2. The van der Waals surface area contributed by atoms with Crippen molar-refractivity contribution in [3.63, 3.8) is 0 Å². The standard InChI is InChI=1S/C33H34ClFN8O2/c1-7-25(44)41-11-12-42(19(5)15-41)31-20-14-21(34)28(27-22(35)9-8-10-23(27)36)38-32(20)43(33(45)39-31)30-18(4)13-24-29(26(30)17(2)3)37-16-40(24)6/h7-10,13-14,16-17,19H,1,11-12,15,36H2,2-6H3/t19-/m0/s1. The number of imidazole rings is 1. The summed E-state index contributed by atoms with van der Waals surface area (Å²) in [6, 6.07) is 7.85. The number of carbonyl (C=O) groups excluding carboxylic acids is 1. The second-order valence-corrected chi connectivity index (χ2v) is 12.2. The molecule has 4 heterocycles. The van der Waals surface area contributed by atoms with Gasteiger partial charge in [0, 0.05) is 44.0 Å². The number of carbonyl (C=O) groups is 1. The van der Waals surface area contributed by atoms with E-state index in [1.54, 1.807) is 23.4 Å². The molecular weight excluding hydrogens is 595 g/mol. The largest absolute Gasteiger partial charge is 0.398 e. The Morgan fingerprint density at radius 1 is 1.22 bits per heavy atom. The summed E-state index contributed by atoms with van der Waals surface area (Å²) in [4.78, 5) is 44.6. The van der Waals surface area contributed by atoms with Gasteiger partial charge in [0.1, 0.15) is 11.6 Å². The van der Waals surface area contributed by atoms with Gasteiger partial charge in [-0.1, -0.05) is 38.1 Å². The molecule has 2 aromatic carbocycles. The van der Waals surface area contributed by atoms with Crippen LogP contribution in [0.2, 0.25) is 5.02 Å². The van der Waals surface area contributed by atoms with Crippen molar-refractivity contribution in [2.45, 2.75) is 39.7 Å². The van der Waals surface area contributed by atoms with Crippen molar-refractivity contribution in [2.75, 3.05) is 30.3 Å². The number of rotatable bonds is 5. The molecule has 10 nitrogen and oxygen atoms in total. The molecule has 5 aromatic rings. The highest BCUT2D eigenvalue weighted by atomic mass is 35.5. The summed E-state index contributed by atoms with van der Waals surface area (Å²) in [5.41, 5.74) is 10.2. The highest BCUT2D eigenvalue weighted by Gasteiger charge is 2.31. The predicted molar refractivity (Wildman–Crippen MR) is 177 cm³/mol. The Kier molecular flexibility index (Phi) is 7.60. The van der Waals surface area contributed by atoms with Crippen molar-refractivity contribution in [3.05, 3.63) is 81.8 Å². The smallest absolute Gasteiger partial charge is 0.355 e. The van der Waals surface area contributed by atoms with E-state index in [0.717, 1.165) is 22.2 Å². The fourth-order valence-electron chi connectivity index (χ4n) is 6.35. The Hall–Kier alpha value is -4.77. The molecule has 0 unspecified atom stereocenters. The maximum absolute atomic E-state index is 15.3. The van der Waals surface area contributed by atoms with E-state index in [1.165, 1.54) is 22.8 Å².